The fourth-order valence-electron chi connectivity index (χ4n) is 4.52. The van der Waals surface area contributed by atoms with Gasteiger partial charge in [0.15, 0.2) is 0 Å². The van der Waals surface area contributed by atoms with Crippen LogP contribution in [0.15, 0.2) is 12.2 Å². The van der Waals surface area contributed by atoms with E-state index in [1.807, 2.05) is 0 Å². The summed E-state index contributed by atoms with van der Waals surface area (Å²) >= 11 is 0. The molecule has 0 bridgehead atoms. The van der Waals surface area contributed by atoms with E-state index in [1.165, 1.54) is 122 Å². The molecule has 1 fully saturated rings. The second-order valence-electron chi connectivity index (χ2n) is 9.76. The molecule has 0 radical (unpaired) electrons. The standard InChI is InChI=1S/C30H53NO/c1-2-3-4-5-6-7-8-9-10-11-12-13-14-15-16-17-18-19-20-21-22-23-24-27-30(32)31-28-25-26-29-31/h7-8H,2-6,11-29H2,1H3/b8-7+. The zero-order chi connectivity index (χ0) is 23.0. The lowest BCUT2D eigenvalue weighted by Gasteiger charge is -2.14. The van der Waals surface area contributed by atoms with Gasteiger partial charge in [-0.1, -0.05) is 115 Å². The fraction of sp³-hybridized carbons (Fsp3) is 0.833. The fourth-order valence-corrected chi connectivity index (χ4v) is 4.52. The van der Waals surface area contributed by atoms with Crippen molar-refractivity contribution in [2.75, 3.05) is 13.1 Å². The molecular formula is C30H53NO. The van der Waals surface area contributed by atoms with E-state index >= 15 is 0 Å². The minimum Gasteiger partial charge on any atom is -0.343 e. The van der Waals surface area contributed by atoms with Crippen molar-refractivity contribution < 1.29 is 4.79 Å². The highest BCUT2D eigenvalue weighted by atomic mass is 16.2. The molecule has 2 nitrogen and oxygen atoms in total. The highest BCUT2D eigenvalue weighted by Gasteiger charge is 2.16. The lowest BCUT2D eigenvalue weighted by Crippen LogP contribution is -2.27. The Morgan fingerprint density at radius 2 is 1.25 bits per heavy atom. The van der Waals surface area contributed by atoms with E-state index in [0.29, 0.717) is 5.91 Å². The molecule has 0 unspecified atom stereocenters. The first-order chi connectivity index (χ1) is 15.8. The van der Waals surface area contributed by atoms with Crippen molar-refractivity contribution in [2.45, 2.75) is 148 Å². The summed E-state index contributed by atoms with van der Waals surface area (Å²) < 4.78 is 0. The lowest BCUT2D eigenvalue weighted by molar-refractivity contribution is -0.130. The summed E-state index contributed by atoms with van der Waals surface area (Å²) in [6.45, 7) is 4.27. The molecule has 1 heterocycles. The number of likely N-dealkylation sites (tertiary alicyclic amines) is 1. The number of allylic oxidation sites excluding steroid dienone is 2. The van der Waals surface area contributed by atoms with Gasteiger partial charge >= 0.3 is 0 Å². The molecule has 184 valence electrons. The van der Waals surface area contributed by atoms with E-state index in [9.17, 15) is 4.79 Å². The van der Waals surface area contributed by atoms with Crippen molar-refractivity contribution in [3.63, 3.8) is 0 Å². The summed E-state index contributed by atoms with van der Waals surface area (Å²) in [5.41, 5.74) is 0. The molecule has 32 heavy (non-hydrogen) atoms. The number of carbonyl (C=O) groups is 1. The first-order valence-corrected chi connectivity index (χ1v) is 14.3. The van der Waals surface area contributed by atoms with Crippen LogP contribution in [0.2, 0.25) is 0 Å². The van der Waals surface area contributed by atoms with E-state index in [0.717, 1.165) is 32.4 Å². The van der Waals surface area contributed by atoms with Crippen LogP contribution in [0.3, 0.4) is 0 Å². The minimum absolute atomic E-state index is 0.399. The normalized spacial score (nSPS) is 13.6. The molecule has 2 heteroatoms. The van der Waals surface area contributed by atoms with Crippen LogP contribution >= 0.6 is 0 Å². The molecule has 0 N–H and O–H groups in total. The minimum atomic E-state index is 0.399. The van der Waals surface area contributed by atoms with Gasteiger partial charge in [-0.2, -0.15) is 0 Å². The quantitative estimate of drug-likeness (QED) is 0.136. The van der Waals surface area contributed by atoms with Gasteiger partial charge in [-0.05, 0) is 44.6 Å². The third kappa shape index (κ3) is 18.4. The molecule has 0 aromatic carbocycles. The van der Waals surface area contributed by atoms with E-state index in [-0.39, 0.29) is 0 Å². The second kappa shape index (κ2) is 22.9. The Hall–Kier alpha value is -1.23. The largest absolute Gasteiger partial charge is 0.343 e. The Morgan fingerprint density at radius 3 is 1.84 bits per heavy atom. The van der Waals surface area contributed by atoms with Gasteiger partial charge in [-0.25, -0.2) is 0 Å². The molecule has 0 saturated carbocycles. The Kier molecular flexibility index (Phi) is 20.7. The number of carbonyl (C=O) groups excluding carboxylic acids is 1. The van der Waals surface area contributed by atoms with E-state index in [1.54, 1.807) is 0 Å². The number of hydrogen-bond acceptors (Lipinski definition) is 1. The Balaban J connectivity index is 1.72. The number of amides is 1. The second-order valence-corrected chi connectivity index (χ2v) is 9.76. The van der Waals surface area contributed by atoms with Crippen molar-refractivity contribution in [3.05, 3.63) is 12.2 Å². The number of rotatable bonds is 20. The van der Waals surface area contributed by atoms with Crippen LogP contribution < -0.4 is 0 Å². The molecule has 1 amide bonds. The van der Waals surface area contributed by atoms with Crippen molar-refractivity contribution in [2.24, 2.45) is 0 Å². The SMILES string of the molecule is CCCCCC/C=C/C#CCCCCCCCCCCCCCCCC(=O)N1CCCC1. The van der Waals surface area contributed by atoms with Gasteiger partial charge in [0.1, 0.15) is 0 Å². The zero-order valence-electron chi connectivity index (χ0n) is 21.5. The van der Waals surface area contributed by atoms with Crippen LogP contribution in [0.5, 0.6) is 0 Å². The third-order valence-electron chi connectivity index (χ3n) is 6.68. The molecule has 0 aromatic rings. The van der Waals surface area contributed by atoms with Gasteiger partial charge in [0.05, 0.1) is 0 Å². The molecular weight excluding hydrogens is 390 g/mol. The summed E-state index contributed by atoms with van der Waals surface area (Å²) in [6.07, 6.45) is 32.5. The van der Waals surface area contributed by atoms with Gasteiger partial charge < -0.3 is 4.90 Å². The molecule has 1 saturated heterocycles. The van der Waals surface area contributed by atoms with Crippen LogP contribution in [-0.4, -0.2) is 23.9 Å². The lowest BCUT2D eigenvalue weighted by atomic mass is 10.0. The third-order valence-corrected chi connectivity index (χ3v) is 6.68. The zero-order valence-corrected chi connectivity index (χ0v) is 21.5. The van der Waals surface area contributed by atoms with Gasteiger partial charge in [0.25, 0.3) is 0 Å². The van der Waals surface area contributed by atoms with Crippen LogP contribution in [0.1, 0.15) is 148 Å². The molecule has 0 aromatic heterocycles. The average Bonchev–Trinajstić information content (AvgIpc) is 3.34. The highest BCUT2D eigenvalue weighted by Crippen LogP contribution is 2.15. The molecule has 1 rings (SSSR count). The highest BCUT2D eigenvalue weighted by molar-refractivity contribution is 5.76. The van der Waals surface area contributed by atoms with Crippen LogP contribution in [0, 0.1) is 11.8 Å². The molecule has 1 aliphatic heterocycles. The Labute approximate surface area is 201 Å². The number of unbranched alkanes of at least 4 members (excludes halogenated alkanes) is 17. The van der Waals surface area contributed by atoms with Crippen molar-refractivity contribution >= 4 is 5.91 Å². The molecule has 0 aliphatic carbocycles. The van der Waals surface area contributed by atoms with E-state index in [4.69, 9.17) is 0 Å². The Morgan fingerprint density at radius 1 is 0.719 bits per heavy atom. The maximum atomic E-state index is 12.0. The monoisotopic (exact) mass is 443 g/mol. The predicted octanol–water partition coefficient (Wildman–Crippen LogP) is 8.99. The first-order valence-electron chi connectivity index (χ1n) is 14.3. The Bertz CT molecular complexity index is 507. The van der Waals surface area contributed by atoms with Crippen molar-refractivity contribution in [1.29, 1.82) is 0 Å². The van der Waals surface area contributed by atoms with Crippen LogP contribution in [0.4, 0.5) is 0 Å². The topological polar surface area (TPSA) is 20.3 Å². The molecule has 0 spiro atoms. The van der Waals surface area contributed by atoms with Gasteiger partial charge in [-0.3, -0.25) is 4.79 Å². The number of hydrogen-bond donors (Lipinski definition) is 0. The maximum Gasteiger partial charge on any atom is 0.222 e. The van der Waals surface area contributed by atoms with Crippen molar-refractivity contribution in [1.82, 2.24) is 4.90 Å². The summed E-state index contributed by atoms with van der Waals surface area (Å²) in [6, 6.07) is 0. The van der Waals surface area contributed by atoms with E-state index in [2.05, 4.69) is 35.8 Å². The average molecular weight is 444 g/mol. The summed E-state index contributed by atoms with van der Waals surface area (Å²) in [5, 5.41) is 0. The summed E-state index contributed by atoms with van der Waals surface area (Å²) in [7, 11) is 0. The van der Waals surface area contributed by atoms with Crippen LogP contribution in [-0.2, 0) is 4.79 Å². The summed E-state index contributed by atoms with van der Waals surface area (Å²) in [4.78, 5) is 14.0. The van der Waals surface area contributed by atoms with E-state index < -0.39 is 0 Å². The summed E-state index contributed by atoms with van der Waals surface area (Å²) in [5.74, 6) is 6.88. The van der Waals surface area contributed by atoms with Gasteiger partial charge in [0, 0.05) is 25.9 Å². The van der Waals surface area contributed by atoms with Crippen molar-refractivity contribution in [3.8, 4) is 11.8 Å². The molecule has 1 aliphatic rings. The first kappa shape index (κ1) is 28.8. The van der Waals surface area contributed by atoms with Crippen LogP contribution in [0.25, 0.3) is 0 Å². The number of nitrogens with zero attached hydrogens (tertiary/aromatic N) is 1. The molecule has 0 atom stereocenters. The van der Waals surface area contributed by atoms with Gasteiger partial charge in [0.2, 0.25) is 5.91 Å². The smallest absolute Gasteiger partial charge is 0.222 e. The maximum absolute atomic E-state index is 12.0. The predicted molar refractivity (Wildman–Crippen MR) is 141 cm³/mol. The van der Waals surface area contributed by atoms with Gasteiger partial charge in [-0.15, -0.1) is 0 Å².